The number of carbonyl (C=O) groups is 1. The molecule has 2 aliphatic carbocycles. The Morgan fingerprint density at radius 1 is 1.36 bits per heavy atom. The molecule has 25 heavy (non-hydrogen) atoms. The van der Waals surface area contributed by atoms with E-state index in [4.69, 9.17) is 16.3 Å². The fraction of sp³-hybridized carbons (Fsp3) is 0.706. The van der Waals surface area contributed by atoms with Crippen molar-refractivity contribution in [3.05, 3.63) is 21.6 Å². The summed E-state index contributed by atoms with van der Waals surface area (Å²) in [6, 6.07) is 0. The highest BCUT2D eigenvalue weighted by Crippen LogP contribution is 2.49. The molecule has 1 atom stereocenters. The van der Waals surface area contributed by atoms with Crippen LogP contribution in [0.2, 0.25) is 5.02 Å². The summed E-state index contributed by atoms with van der Waals surface area (Å²) < 4.78 is 5.63. The van der Waals surface area contributed by atoms with Gasteiger partial charge in [-0.15, -0.1) is 0 Å². The molecule has 2 heterocycles. The normalized spacial score (nSPS) is 25.2. The fourth-order valence-corrected chi connectivity index (χ4v) is 4.48. The number of alkyl carbamates (subject to hydrolysis) is 1. The zero-order chi connectivity index (χ0) is 17.4. The first-order valence-electron chi connectivity index (χ1n) is 9.04. The van der Waals surface area contributed by atoms with Crippen LogP contribution in [0.3, 0.4) is 0 Å². The number of halogens is 1. The van der Waals surface area contributed by atoms with Gasteiger partial charge in [0.1, 0.15) is 11.1 Å². The van der Waals surface area contributed by atoms with Crippen LogP contribution in [0.5, 0.6) is 0 Å². The monoisotopic (exact) mass is 366 g/mol. The first kappa shape index (κ1) is 16.7. The Kier molecular flexibility index (Phi) is 4.35. The number of nitrogens with zero attached hydrogens (tertiary/aromatic N) is 2. The molecule has 1 amide bonds. The zero-order valence-electron chi connectivity index (χ0n) is 14.1. The van der Waals surface area contributed by atoms with Gasteiger partial charge in [-0.3, -0.25) is 4.79 Å². The van der Waals surface area contributed by atoms with Gasteiger partial charge >= 0.3 is 6.09 Å². The number of amides is 1. The van der Waals surface area contributed by atoms with Crippen molar-refractivity contribution in [2.75, 3.05) is 18.0 Å². The molecule has 3 fully saturated rings. The summed E-state index contributed by atoms with van der Waals surface area (Å²) >= 11 is 6.05. The van der Waals surface area contributed by atoms with E-state index in [1.807, 2.05) is 4.90 Å². The fourth-order valence-electron chi connectivity index (χ4n) is 4.27. The second-order valence-electron chi connectivity index (χ2n) is 7.42. The standard InChI is InChI=1S/C17H23ClN4O3/c18-14-13(9-19-21-15(14)23)22-8-5-12(10-22)25-16(24)20-17(6-7-17)11-3-1-2-4-11/h9,11-12H,1-8,10H2,(H,20,24)(H,21,23)/t12-/m1/s1. The Hall–Kier alpha value is -1.76. The highest BCUT2D eigenvalue weighted by Gasteiger charge is 2.51. The Balaban J connectivity index is 1.33. The maximum Gasteiger partial charge on any atom is 0.407 e. The van der Waals surface area contributed by atoms with Gasteiger partial charge in [-0.05, 0) is 31.6 Å². The second-order valence-corrected chi connectivity index (χ2v) is 7.80. The van der Waals surface area contributed by atoms with Gasteiger partial charge in [0.05, 0.1) is 18.4 Å². The van der Waals surface area contributed by atoms with Crippen LogP contribution in [-0.2, 0) is 4.74 Å². The lowest BCUT2D eigenvalue weighted by atomic mass is 9.96. The molecule has 1 aromatic rings. The van der Waals surface area contributed by atoms with Crippen molar-refractivity contribution in [1.82, 2.24) is 15.5 Å². The number of aromatic nitrogens is 2. The molecule has 7 nitrogen and oxygen atoms in total. The Morgan fingerprint density at radius 3 is 2.84 bits per heavy atom. The minimum atomic E-state index is -0.409. The van der Waals surface area contributed by atoms with Crippen LogP contribution < -0.4 is 15.8 Å². The predicted molar refractivity (Wildman–Crippen MR) is 94.0 cm³/mol. The van der Waals surface area contributed by atoms with Crippen LogP contribution in [0.25, 0.3) is 0 Å². The van der Waals surface area contributed by atoms with E-state index in [1.54, 1.807) is 0 Å². The lowest BCUT2D eigenvalue weighted by Crippen LogP contribution is -2.43. The molecule has 0 unspecified atom stereocenters. The lowest BCUT2D eigenvalue weighted by Gasteiger charge is -2.25. The van der Waals surface area contributed by atoms with Gasteiger partial charge in [-0.25, -0.2) is 9.89 Å². The van der Waals surface area contributed by atoms with Crippen LogP contribution in [0, 0.1) is 5.92 Å². The molecule has 2 N–H and O–H groups in total. The van der Waals surface area contributed by atoms with E-state index < -0.39 is 5.56 Å². The maximum absolute atomic E-state index is 12.3. The Morgan fingerprint density at radius 2 is 2.12 bits per heavy atom. The average Bonchev–Trinajstić information content (AvgIpc) is 3.02. The molecular formula is C17H23ClN4O3. The number of nitrogens with one attached hydrogen (secondary N) is 2. The van der Waals surface area contributed by atoms with E-state index in [0.717, 1.165) is 12.8 Å². The molecule has 4 rings (SSSR count). The van der Waals surface area contributed by atoms with Crippen LogP contribution in [-0.4, -0.2) is 41.0 Å². The number of rotatable bonds is 4. The third-order valence-electron chi connectivity index (χ3n) is 5.81. The summed E-state index contributed by atoms with van der Waals surface area (Å²) in [5.74, 6) is 0.612. The van der Waals surface area contributed by atoms with Gasteiger partial charge < -0.3 is 15.0 Å². The van der Waals surface area contributed by atoms with Crippen molar-refractivity contribution >= 4 is 23.4 Å². The van der Waals surface area contributed by atoms with Gasteiger partial charge in [0.2, 0.25) is 0 Å². The highest BCUT2D eigenvalue weighted by molar-refractivity contribution is 6.33. The molecule has 1 aliphatic heterocycles. The number of aromatic amines is 1. The summed E-state index contributed by atoms with van der Waals surface area (Å²) in [7, 11) is 0. The quantitative estimate of drug-likeness (QED) is 0.854. The van der Waals surface area contributed by atoms with Crippen LogP contribution >= 0.6 is 11.6 Å². The SMILES string of the molecule is O=C(NC1(C2CCCC2)CC1)O[C@@H]1CCN(c2cn[nH]c(=O)c2Cl)C1. The van der Waals surface area contributed by atoms with Gasteiger partial charge in [-0.2, -0.15) is 5.10 Å². The third-order valence-corrected chi connectivity index (χ3v) is 6.18. The number of hydrogen-bond acceptors (Lipinski definition) is 5. The van der Waals surface area contributed by atoms with Gasteiger partial charge in [0.25, 0.3) is 5.56 Å². The van der Waals surface area contributed by atoms with Crippen molar-refractivity contribution < 1.29 is 9.53 Å². The number of H-pyrrole nitrogens is 1. The molecular weight excluding hydrogens is 344 g/mol. The third kappa shape index (κ3) is 3.34. The summed E-state index contributed by atoms with van der Waals surface area (Å²) in [5.41, 5.74) is 0.168. The second kappa shape index (κ2) is 6.52. The van der Waals surface area contributed by atoms with E-state index in [-0.39, 0.29) is 22.8 Å². The molecule has 8 heteroatoms. The smallest absolute Gasteiger partial charge is 0.407 e. The van der Waals surface area contributed by atoms with E-state index in [1.165, 1.54) is 31.9 Å². The largest absolute Gasteiger partial charge is 0.444 e. The van der Waals surface area contributed by atoms with Crippen LogP contribution in [0.4, 0.5) is 10.5 Å². The minimum Gasteiger partial charge on any atom is -0.444 e. The number of hydrogen-bond donors (Lipinski definition) is 2. The lowest BCUT2D eigenvalue weighted by molar-refractivity contribution is 0.0999. The molecule has 0 bridgehead atoms. The summed E-state index contributed by atoms with van der Waals surface area (Å²) in [6.07, 6.45) is 8.84. The van der Waals surface area contributed by atoms with Crippen LogP contribution in [0.15, 0.2) is 11.0 Å². The zero-order valence-corrected chi connectivity index (χ0v) is 14.8. The highest BCUT2D eigenvalue weighted by atomic mass is 35.5. The van der Waals surface area contributed by atoms with E-state index >= 15 is 0 Å². The molecule has 0 spiro atoms. The van der Waals surface area contributed by atoms with Gasteiger partial charge in [0.15, 0.2) is 0 Å². The molecule has 3 aliphatic rings. The van der Waals surface area contributed by atoms with E-state index in [2.05, 4.69) is 15.5 Å². The molecule has 136 valence electrons. The molecule has 1 aromatic heterocycles. The van der Waals surface area contributed by atoms with E-state index in [0.29, 0.717) is 31.1 Å². The average molecular weight is 367 g/mol. The predicted octanol–water partition coefficient (Wildman–Crippen LogP) is 2.45. The van der Waals surface area contributed by atoms with Crippen molar-refractivity contribution in [2.24, 2.45) is 5.92 Å². The molecule has 1 saturated heterocycles. The number of carbonyl (C=O) groups excluding carboxylic acids is 1. The first-order chi connectivity index (χ1) is 12.1. The Bertz CT molecular complexity index is 712. The van der Waals surface area contributed by atoms with Gasteiger partial charge in [0, 0.05) is 18.5 Å². The van der Waals surface area contributed by atoms with Gasteiger partial charge in [-0.1, -0.05) is 24.4 Å². The topological polar surface area (TPSA) is 87.3 Å². The maximum atomic E-state index is 12.3. The molecule has 2 saturated carbocycles. The Labute approximate surface area is 151 Å². The number of ether oxygens (including phenoxy) is 1. The molecule has 0 radical (unpaired) electrons. The minimum absolute atomic E-state index is 0.00811. The summed E-state index contributed by atoms with van der Waals surface area (Å²) in [4.78, 5) is 25.8. The summed E-state index contributed by atoms with van der Waals surface area (Å²) in [6.45, 7) is 1.20. The van der Waals surface area contributed by atoms with Crippen molar-refractivity contribution in [3.63, 3.8) is 0 Å². The molecule has 0 aromatic carbocycles. The first-order valence-corrected chi connectivity index (χ1v) is 9.42. The van der Waals surface area contributed by atoms with Crippen molar-refractivity contribution in [3.8, 4) is 0 Å². The van der Waals surface area contributed by atoms with E-state index in [9.17, 15) is 9.59 Å². The van der Waals surface area contributed by atoms with Crippen molar-refractivity contribution in [2.45, 2.75) is 56.6 Å². The van der Waals surface area contributed by atoms with Crippen LogP contribution in [0.1, 0.15) is 44.9 Å². The number of anilines is 1. The summed E-state index contributed by atoms with van der Waals surface area (Å²) in [5, 5.41) is 9.36. The van der Waals surface area contributed by atoms with Crippen molar-refractivity contribution in [1.29, 1.82) is 0 Å².